The summed E-state index contributed by atoms with van der Waals surface area (Å²) in [6.45, 7) is 7.68. The van der Waals surface area contributed by atoms with Crippen molar-refractivity contribution in [3.05, 3.63) is 52.8 Å². The van der Waals surface area contributed by atoms with Crippen LogP contribution >= 0.6 is 0 Å². The molecule has 0 spiro atoms. The highest BCUT2D eigenvalue weighted by atomic mass is 16.2. The average Bonchev–Trinajstić information content (AvgIpc) is 2.84. The van der Waals surface area contributed by atoms with Gasteiger partial charge in [-0.15, -0.1) is 0 Å². The molecule has 1 atom stereocenters. The highest BCUT2D eigenvalue weighted by molar-refractivity contribution is 5.77. The van der Waals surface area contributed by atoms with Gasteiger partial charge in [0.1, 0.15) is 0 Å². The third-order valence-electron chi connectivity index (χ3n) is 4.88. The maximum Gasteiger partial charge on any atom is 0.222 e. The topological polar surface area (TPSA) is 49.0 Å². The molecule has 1 aliphatic heterocycles. The zero-order chi connectivity index (χ0) is 15.7. The summed E-state index contributed by atoms with van der Waals surface area (Å²) >= 11 is 0. The first-order valence-electron chi connectivity index (χ1n) is 7.83. The first kappa shape index (κ1) is 14.8. The van der Waals surface area contributed by atoms with Crippen molar-refractivity contribution in [2.24, 2.45) is 0 Å². The van der Waals surface area contributed by atoms with E-state index in [9.17, 15) is 4.79 Å². The van der Waals surface area contributed by atoms with Gasteiger partial charge >= 0.3 is 0 Å². The van der Waals surface area contributed by atoms with Gasteiger partial charge in [0, 0.05) is 36.2 Å². The summed E-state index contributed by atoms with van der Waals surface area (Å²) < 4.78 is 0. The van der Waals surface area contributed by atoms with Crippen molar-refractivity contribution in [1.82, 2.24) is 15.1 Å². The van der Waals surface area contributed by atoms with Crippen molar-refractivity contribution in [3.63, 3.8) is 0 Å². The number of amides is 1. The number of hydrogen-bond acceptors (Lipinski definition) is 2. The van der Waals surface area contributed by atoms with Gasteiger partial charge in [0.2, 0.25) is 5.91 Å². The van der Waals surface area contributed by atoms with E-state index in [4.69, 9.17) is 0 Å². The first-order valence-corrected chi connectivity index (χ1v) is 7.83. The molecule has 1 saturated heterocycles. The van der Waals surface area contributed by atoms with E-state index >= 15 is 0 Å². The molecule has 2 heterocycles. The van der Waals surface area contributed by atoms with E-state index in [1.54, 1.807) is 0 Å². The van der Waals surface area contributed by atoms with Crippen molar-refractivity contribution < 1.29 is 4.79 Å². The number of benzene rings is 1. The third-order valence-corrected chi connectivity index (χ3v) is 4.88. The van der Waals surface area contributed by atoms with Crippen LogP contribution in [-0.2, 0) is 16.8 Å². The fraction of sp³-hybridized carbons (Fsp3) is 0.444. The van der Waals surface area contributed by atoms with E-state index < -0.39 is 0 Å². The second kappa shape index (κ2) is 5.59. The molecule has 0 saturated carbocycles. The Morgan fingerprint density at radius 2 is 2.00 bits per heavy atom. The van der Waals surface area contributed by atoms with Crippen molar-refractivity contribution in [3.8, 4) is 0 Å². The minimum Gasteiger partial charge on any atom is -0.337 e. The van der Waals surface area contributed by atoms with Crippen molar-refractivity contribution in [1.29, 1.82) is 0 Å². The van der Waals surface area contributed by atoms with Crippen LogP contribution in [0, 0.1) is 13.8 Å². The van der Waals surface area contributed by atoms with Crippen molar-refractivity contribution in [2.75, 3.05) is 6.54 Å². The van der Waals surface area contributed by atoms with Gasteiger partial charge in [-0.1, -0.05) is 37.3 Å². The third kappa shape index (κ3) is 2.65. The number of likely N-dealkylation sites (tertiary alicyclic amines) is 1. The number of piperidine rings is 1. The molecule has 4 heteroatoms. The molecule has 1 aromatic heterocycles. The van der Waals surface area contributed by atoms with Crippen LogP contribution in [-0.4, -0.2) is 27.5 Å². The summed E-state index contributed by atoms with van der Waals surface area (Å²) in [4.78, 5) is 14.3. The molecule has 1 unspecified atom stereocenters. The van der Waals surface area contributed by atoms with Crippen LogP contribution in [0.5, 0.6) is 0 Å². The van der Waals surface area contributed by atoms with Gasteiger partial charge in [0.05, 0.1) is 5.69 Å². The molecule has 116 valence electrons. The molecule has 4 nitrogen and oxygen atoms in total. The second-order valence-corrected chi connectivity index (χ2v) is 6.59. The number of hydrogen-bond donors (Lipinski definition) is 1. The molecule has 0 bridgehead atoms. The van der Waals surface area contributed by atoms with E-state index in [1.165, 1.54) is 5.56 Å². The number of H-pyrrole nitrogens is 1. The number of carbonyl (C=O) groups is 1. The van der Waals surface area contributed by atoms with Gasteiger partial charge in [0.15, 0.2) is 0 Å². The summed E-state index contributed by atoms with van der Waals surface area (Å²) in [7, 11) is 0. The first-order chi connectivity index (χ1) is 10.5. The summed E-state index contributed by atoms with van der Waals surface area (Å²) in [6.07, 6.45) is 1.52. The SMILES string of the molecule is Cc1n[nH]c(C)c1CN1CC(C)(c2ccccc2)CCC1=O. The predicted octanol–water partition coefficient (Wildman–Crippen LogP) is 3.11. The fourth-order valence-corrected chi connectivity index (χ4v) is 3.35. The Kier molecular flexibility index (Phi) is 3.77. The molecule has 1 fully saturated rings. The largest absolute Gasteiger partial charge is 0.337 e. The fourth-order valence-electron chi connectivity index (χ4n) is 3.35. The Labute approximate surface area is 131 Å². The number of nitrogens with one attached hydrogen (secondary N) is 1. The molecule has 0 aliphatic carbocycles. The Hall–Kier alpha value is -2.10. The Balaban J connectivity index is 1.84. The predicted molar refractivity (Wildman–Crippen MR) is 86.5 cm³/mol. The maximum absolute atomic E-state index is 12.4. The van der Waals surface area contributed by atoms with Gasteiger partial charge in [-0.25, -0.2) is 0 Å². The lowest BCUT2D eigenvalue weighted by molar-refractivity contribution is -0.136. The van der Waals surface area contributed by atoms with Gasteiger partial charge in [-0.05, 0) is 25.8 Å². The van der Waals surface area contributed by atoms with Crippen LogP contribution in [0.15, 0.2) is 30.3 Å². The Morgan fingerprint density at radius 3 is 2.64 bits per heavy atom. The standard InChI is InChI=1S/C18H23N3O/c1-13-16(14(2)20-19-13)11-21-12-18(3,10-9-17(21)22)15-7-5-4-6-8-15/h4-8H,9-12H2,1-3H3,(H,19,20). The number of rotatable bonds is 3. The average molecular weight is 297 g/mol. The lowest BCUT2D eigenvalue weighted by Crippen LogP contribution is -2.47. The van der Waals surface area contributed by atoms with Crippen LogP contribution in [0.1, 0.15) is 42.3 Å². The van der Waals surface area contributed by atoms with E-state index in [-0.39, 0.29) is 11.3 Å². The quantitative estimate of drug-likeness (QED) is 0.946. The molecule has 3 rings (SSSR count). The Bertz CT molecular complexity index is 657. The highest BCUT2D eigenvalue weighted by Gasteiger charge is 2.36. The van der Waals surface area contributed by atoms with Crippen LogP contribution < -0.4 is 0 Å². The van der Waals surface area contributed by atoms with Gasteiger partial charge < -0.3 is 4.90 Å². The second-order valence-electron chi connectivity index (χ2n) is 6.59. The van der Waals surface area contributed by atoms with Crippen molar-refractivity contribution in [2.45, 2.75) is 45.6 Å². The number of nitrogens with zero attached hydrogens (tertiary/aromatic N) is 2. The number of aromatic nitrogens is 2. The molecule has 1 aromatic carbocycles. The summed E-state index contributed by atoms with van der Waals surface area (Å²) in [6, 6.07) is 10.5. The lowest BCUT2D eigenvalue weighted by atomic mass is 9.75. The highest BCUT2D eigenvalue weighted by Crippen LogP contribution is 2.34. The van der Waals surface area contributed by atoms with Crippen LogP contribution in [0.25, 0.3) is 0 Å². The van der Waals surface area contributed by atoms with Crippen molar-refractivity contribution >= 4 is 5.91 Å². The van der Waals surface area contributed by atoms with Gasteiger partial charge in [-0.2, -0.15) is 5.10 Å². The molecule has 0 radical (unpaired) electrons. The minimum atomic E-state index is 0.0285. The van der Waals surface area contributed by atoms with E-state index in [2.05, 4.69) is 41.4 Å². The molecular weight excluding hydrogens is 274 g/mol. The monoisotopic (exact) mass is 297 g/mol. The number of aromatic amines is 1. The number of carbonyl (C=O) groups excluding carboxylic acids is 1. The maximum atomic E-state index is 12.4. The van der Waals surface area contributed by atoms with E-state index in [0.29, 0.717) is 13.0 Å². The van der Waals surface area contributed by atoms with Gasteiger partial charge in [0.25, 0.3) is 0 Å². The summed E-state index contributed by atoms with van der Waals surface area (Å²) in [5.41, 5.74) is 4.52. The smallest absolute Gasteiger partial charge is 0.222 e. The van der Waals surface area contributed by atoms with Crippen LogP contribution in [0.2, 0.25) is 0 Å². The molecule has 1 N–H and O–H groups in total. The van der Waals surface area contributed by atoms with E-state index in [0.717, 1.165) is 29.9 Å². The molecule has 22 heavy (non-hydrogen) atoms. The number of aryl methyl sites for hydroxylation is 2. The van der Waals surface area contributed by atoms with Crippen LogP contribution in [0.3, 0.4) is 0 Å². The van der Waals surface area contributed by atoms with Gasteiger partial charge in [-0.3, -0.25) is 9.89 Å². The summed E-state index contributed by atoms with van der Waals surface area (Å²) in [5.74, 6) is 0.244. The molecule has 1 amide bonds. The zero-order valence-electron chi connectivity index (χ0n) is 13.5. The minimum absolute atomic E-state index is 0.0285. The molecular formula is C18H23N3O. The normalized spacial score (nSPS) is 22.1. The summed E-state index contributed by atoms with van der Waals surface area (Å²) in [5, 5.41) is 7.24. The van der Waals surface area contributed by atoms with E-state index in [1.807, 2.05) is 24.8 Å². The zero-order valence-corrected chi connectivity index (χ0v) is 13.5. The molecule has 1 aliphatic rings. The van der Waals surface area contributed by atoms with Crippen LogP contribution in [0.4, 0.5) is 0 Å². The Morgan fingerprint density at radius 1 is 1.27 bits per heavy atom. The lowest BCUT2D eigenvalue weighted by Gasteiger charge is -2.40. The molecule has 2 aromatic rings.